The maximum absolute atomic E-state index is 13.0. The van der Waals surface area contributed by atoms with Crippen molar-refractivity contribution >= 4 is 17.0 Å². The summed E-state index contributed by atoms with van der Waals surface area (Å²) in [5.41, 5.74) is 6.50. The number of aliphatic hydroxyl groups excluding tert-OH is 2. The van der Waals surface area contributed by atoms with Gasteiger partial charge in [-0.15, -0.1) is 0 Å². The van der Waals surface area contributed by atoms with Crippen LogP contribution in [-0.4, -0.2) is 48.0 Å². The minimum Gasteiger partial charge on any atom is -0.424 e. The minimum atomic E-state index is -1.15. The molecular formula is C16H16FN5O4. The summed E-state index contributed by atoms with van der Waals surface area (Å²) in [5, 5.41) is 20.1. The quantitative estimate of drug-likeness (QED) is 0.630. The molecule has 1 fully saturated rings. The summed E-state index contributed by atoms with van der Waals surface area (Å²) >= 11 is 0. The molecule has 1 aliphatic heterocycles. The van der Waals surface area contributed by atoms with Crippen LogP contribution in [-0.2, 0) is 4.74 Å². The van der Waals surface area contributed by atoms with E-state index in [0.717, 1.165) is 0 Å². The van der Waals surface area contributed by atoms with Gasteiger partial charge >= 0.3 is 6.01 Å². The molecule has 4 atom stereocenters. The number of nitrogens with two attached hydrogens (primary N) is 1. The predicted octanol–water partition coefficient (Wildman–Crippen LogP) is 0.979. The fourth-order valence-corrected chi connectivity index (χ4v) is 2.81. The van der Waals surface area contributed by atoms with E-state index in [1.54, 1.807) is 6.92 Å². The lowest BCUT2D eigenvalue weighted by molar-refractivity contribution is -0.0299. The lowest BCUT2D eigenvalue weighted by atomic mass is 10.1. The van der Waals surface area contributed by atoms with E-state index < -0.39 is 30.4 Å². The number of hydrogen-bond acceptors (Lipinski definition) is 8. The third-order valence-corrected chi connectivity index (χ3v) is 4.20. The molecule has 136 valence electrons. The molecule has 4 N–H and O–H groups in total. The molecule has 3 aromatic rings. The van der Waals surface area contributed by atoms with E-state index in [0.29, 0.717) is 11.3 Å². The van der Waals surface area contributed by atoms with E-state index in [-0.39, 0.29) is 17.5 Å². The second kappa shape index (κ2) is 6.16. The summed E-state index contributed by atoms with van der Waals surface area (Å²) < 4.78 is 25.6. The Balaban J connectivity index is 1.72. The number of ether oxygens (including phenoxy) is 2. The number of rotatable bonds is 3. The van der Waals surface area contributed by atoms with Gasteiger partial charge in [0.2, 0.25) is 0 Å². The first-order valence-electron chi connectivity index (χ1n) is 7.89. The van der Waals surface area contributed by atoms with Crippen LogP contribution >= 0.6 is 0 Å². The van der Waals surface area contributed by atoms with E-state index >= 15 is 0 Å². The third-order valence-electron chi connectivity index (χ3n) is 4.20. The van der Waals surface area contributed by atoms with Crippen molar-refractivity contribution in [2.45, 2.75) is 31.5 Å². The first-order valence-corrected chi connectivity index (χ1v) is 7.89. The monoisotopic (exact) mass is 361 g/mol. The summed E-state index contributed by atoms with van der Waals surface area (Å²) in [6.07, 6.45) is -2.22. The second-order valence-electron chi connectivity index (χ2n) is 5.98. The number of anilines is 1. The van der Waals surface area contributed by atoms with Crippen LogP contribution in [0.2, 0.25) is 0 Å². The molecule has 4 rings (SSSR count). The summed E-state index contributed by atoms with van der Waals surface area (Å²) in [6, 6.07) is 5.28. The first kappa shape index (κ1) is 16.6. The molecule has 1 aromatic carbocycles. The zero-order valence-corrected chi connectivity index (χ0v) is 13.7. The van der Waals surface area contributed by atoms with Crippen LogP contribution in [0, 0.1) is 5.82 Å². The van der Waals surface area contributed by atoms with E-state index in [1.165, 1.54) is 35.2 Å². The summed E-state index contributed by atoms with van der Waals surface area (Å²) in [7, 11) is 0. The Bertz CT molecular complexity index is 948. The standard InChI is InChI=1S/C16H16FN5O4/c1-7-11(23)12(24)15(25-7)22-6-19-10-13(18)20-16(21-14(10)22)26-9-4-2-8(17)3-5-9/h2-7,11-12,15,23-24H,1H3,(H2,18,20,21)/t7-,11-,12-,15-/m1/s1. The molecule has 0 aliphatic carbocycles. The van der Waals surface area contributed by atoms with Gasteiger partial charge in [-0.1, -0.05) is 0 Å². The maximum atomic E-state index is 13.0. The Morgan fingerprint density at radius 3 is 2.58 bits per heavy atom. The molecule has 3 heterocycles. The van der Waals surface area contributed by atoms with Crippen molar-refractivity contribution in [3.05, 3.63) is 36.4 Å². The number of nitrogen functional groups attached to an aromatic ring is 1. The average Bonchev–Trinajstić information content (AvgIpc) is 3.14. The van der Waals surface area contributed by atoms with Gasteiger partial charge in [-0.3, -0.25) is 4.57 Å². The molecule has 9 nitrogen and oxygen atoms in total. The number of hydrogen-bond donors (Lipinski definition) is 3. The highest BCUT2D eigenvalue weighted by atomic mass is 19.1. The van der Waals surface area contributed by atoms with E-state index in [2.05, 4.69) is 15.0 Å². The molecule has 1 aliphatic rings. The Kier molecular flexibility index (Phi) is 3.94. The van der Waals surface area contributed by atoms with Crippen LogP contribution in [0.1, 0.15) is 13.2 Å². The highest BCUT2D eigenvalue weighted by molar-refractivity contribution is 5.82. The molecule has 0 radical (unpaired) electrons. The van der Waals surface area contributed by atoms with Gasteiger partial charge in [-0.2, -0.15) is 9.97 Å². The minimum absolute atomic E-state index is 0.0653. The summed E-state index contributed by atoms with van der Waals surface area (Å²) in [4.78, 5) is 12.4. The number of aliphatic hydroxyl groups is 2. The number of fused-ring (bicyclic) bond motifs is 1. The van der Waals surface area contributed by atoms with Crippen molar-refractivity contribution in [2.75, 3.05) is 5.73 Å². The van der Waals surface area contributed by atoms with E-state index in [4.69, 9.17) is 15.2 Å². The van der Waals surface area contributed by atoms with Gasteiger partial charge in [0.1, 0.15) is 23.8 Å². The summed E-state index contributed by atoms with van der Waals surface area (Å²) in [6.45, 7) is 1.65. The lowest BCUT2D eigenvalue weighted by Gasteiger charge is -2.16. The largest absolute Gasteiger partial charge is 0.424 e. The van der Waals surface area contributed by atoms with Crippen LogP contribution in [0.4, 0.5) is 10.2 Å². The molecule has 0 unspecified atom stereocenters. The molecule has 26 heavy (non-hydrogen) atoms. The van der Waals surface area contributed by atoms with Gasteiger partial charge in [-0.05, 0) is 31.2 Å². The Morgan fingerprint density at radius 1 is 1.19 bits per heavy atom. The molecule has 0 bridgehead atoms. The highest BCUT2D eigenvalue weighted by Crippen LogP contribution is 2.32. The number of imidazole rings is 1. The van der Waals surface area contributed by atoms with E-state index in [1.807, 2.05) is 0 Å². The van der Waals surface area contributed by atoms with Crippen molar-refractivity contribution in [2.24, 2.45) is 0 Å². The molecule has 0 saturated carbocycles. The van der Waals surface area contributed by atoms with Crippen molar-refractivity contribution in [3.8, 4) is 11.8 Å². The number of nitrogens with zero attached hydrogens (tertiary/aromatic N) is 4. The number of halogens is 1. The molecule has 10 heteroatoms. The smallest absolute Gasteiger partial charge is 0.326 e. The molecular weight excluding hydrogens is 345 g/mol. The van der Waals surface area contributed by atoms with Gasteiger partial charge in [0.05, 0.1) is 12.4 Å². The van der Waals surface area contributed by atoms with Gasteiger partial charge in [0.15, 0.2) is 23.2 Å². The van der Waals surface area contributed by atoms with Crippen molar-refractivity contribution < 1.29 is 24.1 Å². The van der Waals surface area contributed by atoms with Gasteiger partial charge in [-0.25, -0.2) is 9.37 Å². The van der Waals surface area contributed by atoms with Crippen LogP contribution in [0.3, 0.4) is 0 Å². The van der Waals surface area contributed by atoms with Gasteiger partial charge in [0, 0.05) is 0 Å². The van der Waals surface area contributed by atoms with Crippen molar-refractivity contribution in [1.82, 2.24) is 19.5 Å². The maximum Gasteiger partial charge on any atom is 0.326 e. The van der Waals surface area contributed by atoms with Crippen LogP contribution in [0.25, 0.3) is 11.2 Å². The van der Waals surface area contributed by atoms with E-state index in [9.17, 15) is 14.6 Å². The molecule has 0 spiro atoms. The van der Waals surface area contributed by atoms with Crippen LogP contribution < -0.4 is 10.5 Å². The summed E-state index contributed by atoms with van der Waals surface area (Å²) in [5.74, 6) is 0.00992. The zero-order chi connectivity index (χ0) is 18.4. The molecule has 2 aromatic heterocycles. The van der Waals surface area contributed by atoms with Crippen LogP contribution in [0.5, 0.6) is 11.8 Å². The Hall–Kier alpha value is -2.82. The lowest BCUT2D eigenvalue weighted by Crippen LogP contribution is -2.30. The Morgan fingerprint density at radius 2 is 1.92 bits per heavy atom. The predicted molar refractivity (Wildman–Crippen MR) is 87.8 cm³/mol. The van der Waals surface area contributed by atoms with Crippen molar-refractivity contribution in [3.63, 3.8) is 0 Å². The molecule has 0 amide bonds. The normalized spacial score (nSPS) is 25.7. The second-order valence-corrected chi connectivity index (χ2v) is 5.98. The zero-order valence-electron chi connectivity index (χ0n) is 13.7. The fourth-order valence-electron chi connectivity index (χ4n) is 2.81. The SMILES string of the molecule is C[C@H]1O[C@@H](n2cnc3c(N)nc(Oc4ccc(F)cc4)nc32)[C@H](O)[C@@H]1O. The van der Waals surface area contributed by atoms with Crippen molar-refractivity contribution in [1.29, 1.82) is 0 Å². The number of aromatic nitrogens is 4. The Labute approximate surface area is 146 Å². The fraction of sp³-hybridized carbons (Fsp3) is 0.312. The number of benzene rings is 1. The highest BCUT2D eigenvalue weighted by Gasteiger charge is 2.42. The topological polar surface area (TPSA) is 129 Å². The third kappa shape index (κ3) is 2.73. The van der Waals surface area contributed by atoms with Gasteiger partial charge < -0.3 is 25.4 Å². The van der Waals surface area contributed by atoms with Gasteiger partial charge in [0.25, 0.3) is 0 Å². The first-order chi connectivity index (χ1) is 12.4. The van der Waals surface area contributed by atoms with Crippen LogP contribution in [0.15, 0.2) is 30.6 Å². The molecule has 1 saturated heterocycles. The average molecular weight is 361 g/mol.